The van der Waals surface area contributed by atoms with Crippen LogP contribution in [0.5, 0.6) is 0 Å². The third kappa shape index (κ3) is 3.33. The van der Waals surface area contributed by atoms with E-state index in [1.54, 1.807) is 0 Å². The molecule has 10 heteroatoms. The number of primary amides is 1. The van der Waals surface area contributed by atoms with Crippen molar-refractivity contribution in [2.24, 2.45) is 5.73 Å². The topological polar surface area (TPSA) is 144 Å². The number of nitrogens with two attached hydrogens (primary N) is 1. The second kappa shape index (κ2) is 5.59. The molecular formula is C10H16N4O5S. The van der Waals surface area contributed by atoms with Crippen LogP contribution in [0.15, 0.2) is 4.90 Å². The molecule has 0 saturated heterocycles. The van der Waals surface area contributed by atoms with Gasteiger partial charge in [0.05, 0.1) is 17.4 Å². The van der Waals surface area contributed by atoms with Gasteiger partial charge in [-0.2, -0.15) is 9.82 Å². The molecule has 1 amide bonds. The van der Waals surface area contributed by atoms with Crippen LogP contribution < -0.4 is 10.5 Å². The molecule has 0 aliphatic carbocycles. The van der Waals surface area contributed by atoms with Gasteiger partial charge in [-0.3, -0.25) is 14.3 Å². The lowest BCUT2D eigenvalue weighted by molar-refractivity contribution is -0.138. The molecule has 1 unspecified atom stereocenters. The maximum Gasteiger partial charge on any atom is 0.325 e. The molecule has 1 rings (SSSR count). The lowest BCUT2D eigenvalue weighted by Gasteiger charge is -2.11. The average molecular weight is 304 g/mol. The van der Waals surface area contributed by atoms with E-state index in [0.717, 1.165) is 4.68 Å². The second-order valence-electron chi connectivity index (χ2n) is 4.30. The minimum atomic E-state index is -4.01. The number of hydrogen-bond donors (Lipinski definition) is 3. The summed E-state index contributed by atoms with van der Waals surface area (Å²) in [5, 5.41) is 12.6. The van der Waals surface area contributed by atoms with Gasteiger partial charge in [0.25, 0.3) is 0 Å². The van der Waals surface area contributed by atoms with E-state index < -0.39 is 34.5 Å². The fraction of sp³-hybridized carbons (Fsp3) is 0.500. The van der Waals surface area contributed by atoms with Crippen LogP contribution in [-0.2, 0) is 26.2 Å². The lowest BCUT2D eigenvalue weighted by atomic mass is 10.4. The van der Waals surface area contributed by atoms with Crippen LogP contribution in [0.1, 0.15) is 18.3 Å². The summed E-state index contributed by atoms with van der Waals surface area (Å²) in [5.41, 5.74) is 5.33. The molecule has 1 heterocycles. The molecule has 112 valence electrons. The summed E-state index contributed by atoms with van der Waals surface area (Å²) in [5.74, 6) is -1.96. The van der Waals surface area contributed by atoms with Gasteiger partial charge in [-0.15, -0.1) is 0 Å². The predicted octanol–water partition coefficient (Wildman–Crippen LogP) is -1.26. The molecule has 0 aliphatic rings. The number of nitrogens with one attached hydrogen (secondary N) is 1. The Labute approximate surface area is 115 Å². The Morgan fingerprint density at radius 1 is 1.45 bits per heavy atom. The number of aromatic nitrogens is 2. The minimum absolute atomic E-state index is 0.146. The Hall–Kier alpha value is -1.94. The van der Waals surface area contributed by atoms with Crippen molar-refractivity contribution in [3.05, 3.63) is 11.4 Å². The number of amides is 1. The number of carbonyl (C=O) groups is 2. The number of carbonyl (C=O) groups excluding carboxylic acids is 1. The summed E-state index contributed by atoms with van der Waals surface area (Å²) in [4.78, 5) is 21.5. The smallest absolute Gasteiger partial charge is 0.325 e. The van der Waals surface area contributed by atoms with Gasteiger partial charge in [-0.05, 0) is 20.8 Å². The Kier molecular flexibility index (Phi) is 4.50. The molecule has 0 radical (unpaired) electrons. The van der Waals surface area contributed by atoms with Crippen molar-refractivity contribution < 1.29 is 23.1 Å². The van der Waals surface area contributed by atoms with E-state index in [9.17, 15) is 18.0 Å². The van der Waals surface area contributed by atoms with Gasteiger partial charge in [0.1, 0.15) is 11.4 Å². The van der Waals surface area contributed by atoms with Crippen molar-refractivity contribution in [2.45, 2.75) is 38.3 Å². The van der Waals surface area contributed by atoms with E-state index >= 15 is 0 Å². The minimum Gasteiger partial charge on any atom is -0.480 e. The Bertz CT molecular complexity index is 649. The number of aliphatic carboxylic acids is 1. The Morgan fingerprint density at radius 3 is 2.45 bits per heavy atom. The molecule has 1 atom stereocenters. The molecule has 1 aromatic rings. The van der Waals surface area contributed by atoms with Crippen molar-refractivity contribution in [3.63, 3.8) is 0 Å². The normalized spacial score (nSPS) is 13.2. The van der Waals surface area contributed by atoms with Crippen molar-refractivity contribution in [2.75, 3.05) is 0 Å². The van der Waals surface area contributed by atoms with Crippen LogP contribution in [-0.4, -0.2) is 41.2 Å². The number of aryl methyl sites for hydroxylation is 1. The number of carboxylic acid groups (broad SMARTS) is 1. The lowest BCUT2D eigenvalue weighted by Crippen LogP contribution is -2.42. The van der Waals surface area contributed by atoms with Crippen LogP contribution in [0.2, 0.25) is 0 Å². The molecule has 9 nitrogen and oxygen atoms in total. The molecule has 0 fully saturated rings. The highest BCUT2D eigenvalue weighted by Crippen LogP contribution is 2.19. The third-order valence-corrected chi connectivity index (χ3v) is 4.42. The SMILES string of the molecule is Cc1nn(CC(=O)O)c(C)c1S(=O)(=O)NC(C)C(N)=O. The monoisotopic (exact) mass is 304 g/mol. The predicted molar refractivity (Wildman–Crippen MR) is 68.3 cm³/mol. The highest BCUT2D eigenvalue weighted by molar-refractivity contribution is 7.89. The van der Waals surface area contributed by atoms with Gasteiger partial charge >= 0.3 is 5.97 Å². The van der Waals surface area contributed by atoms with E-state index in [1.165, 1.54) is 20.8 Å². The fourth-order valence-corrected chi connectivity index (χ4v) is 3.32. The molecule has 1 aromatic heterocycles. The van der Waals surface area contributed by atoms with Gasteiger partial charge in [0, 0.05) is 0 Å². The summed E-state index contributed by atoms with van der Waals surface area (Å²) in [6, 6.07) is -1.08. The zero-order valence-electron chi connectivity index (χ0n) is 11.2. The summed E-state index contributed by atoms with van der Waals surface area (Å²) in [7, 11) is -4.01. The molecule has 0 spiro atoms. The Balaban J connectivity index is 3.22. The quantitative estimate of drug-likeness (QED) is 0.598. The molecule has 0 aromatic carbocycles. The number of hydrogen-bond acceptors (Lipinski definition) is 5. The van der Waals surface area contributed by atoms with E-state index in [4.69, 9.17) is 10.8 Å². The molecule has 20 heavy (non-hydrogen) atoms. The van der Waals surface area contributed by atoms with Gasteiger partial charge in [0.15, 0.2) is 0 Å². The average Bonchev–Trinajstić information content (AvgIpc) is 2.52. The maximum absolute atomic E-state index is 12.2. The zero-order valence-corrected chi connectivity index (χ0v) is 12.1. The second-order valence-corrected chi connectivity index (χ2v) is 5.95. The summed E-state index contributed by atoms with van der Waals surface area (Å²) in [6.07, 6.45) is 0. The van der Waals surface area contributed by atoms with E-state index in [2.05, 4.69) is 9.82 Å². The summed E-state index contributed by atoms with van der Waals surface area (Å²) < 4.78 is 27.5. The first-order chi connectivity index (χ1) is 9.06. The first-order valence-corrected chi connectivity index (χ1v) is 7.12. The summed E-state index contributed by atoms with van der Waals surface area (Å²) in [6.45, 7) is 3.74. The summed E-state index contributed by atoms with van der Waals surface area (Å²) >= 11 is 0. The van der Waals surface area contributed by atoms with Crippen molar-refractivity contribution in [1.82, 2.24) is 14.5 Å². The highest BCUT2D eigenvalue weighted by Gasteiger charge is 2.27. The first kappa shape index (κ1) is 16.1. The number of rotatable bonds is 6. The molecular weight excluding hydrogens is 288 g/mol. The van der Waals surface area contributed by atoms with Crippen molar-refractivity contribution in [1.29, 1.82) is 0 Å². The van der Waals surface area contributed by atoms with Crippen LogP contribution >= 0.6 is 0 Å². The Morgan fingerprint density at radius 2 is 2.00 bits per heavy atom. The van der Waals surface area contributed by atoms with Crippen molar-refractivity contribution in [3.8, 4) is 0 Å². The maximum atomic E-state index is 12.2. The molecule has 0 aliphatic heterocycles. The van der Waals surface area contributed by atoms with Crippen LogP contribution in [0.3, 0.4) is 0 Å². The van der Waals surface area contributed by atoms with Crippen LogP contribution in [0, 0.1) is 13.8 Å². The van der Waals surface area contributed by atoms with Gasteiger partial charge in [0.2, 0.25) is 15.9 Å². The fourth-order valence-electron chi connectivity index (χ4n) is 1.70. The molecule has 0 saturated carbocycles. The van der Waals surface area contributed by atoms with Crippen LogP contribution in [0.4, 0.5) is 0 Å². The van der Waals surface area contributed by atoms with Gasteiger partial charge in [-0.1, -0.05) is 0 Å². The number of carboxylic acids is 1. The zero-order chi connectivity index (χ0) is 15.7. The van der Waals surface area contributed by atoms with Crippen LogP contribution in [0.25, 0.3) is 0 Å². The van der Waals surface area contributed by atoms with E-state index in [0.29, 0.717) is 0 Å². The highest BCUT2D eigenvalue weighted by atomic mass is 32.2. The largest absolute Gasteiger partial charge is 0.480 e. The van der Waals surface area contributed by atoms with E-state index in [-0.39, 0.29) is 16.3 Å². The first-order valence-electron chi connectivity index (χ1n) is 5.63. The third-order valence-electron chi connectivity index (χ3n) is 2.63. The van der Waals surface area contributed by atoms with Gasteiger partial charge < -0.3 is 10.8 Å². The molecule has 0 bridgehead atoms. The number of nitrogens with zero attached hydrogens (tertiary/aromatic N) is 2. The molecule has 4 N–H and O–H groups in total. The number of sulfonamides is 1. The van der Waals surface area contributed by atoms with Crippen molar-refractivity contribution >= 4 is 21.9 Å². The standard InChI is InChI=1S/C10H16N4O5S/c1-5-9(7(3)14(12-5)4-8(15)16)20(18,19)13-6(2)10(11)17/h6,13H,4H2,1-3H3,(H2,11,17)(H,15,16). The van der Waals surface area contributed by atoms with Gasteiger partial charge in [-0.25, -0.2) is 8.42 Å². The van der Waals surface area contributed by atoms with E-state index in [1.807, 2.05) is 0 Å².